The SMILES string of the molecule is CCOc1ccc(-n2c(=O)c3sc4ncccc4c3n(CC(=O)NC3CCCC3)c2=O)cc1. The van der Waals surface area contributed by atoms with Crippen LogP contribution in [0, 0.1) is 0 Å². The zero-order chi connectivity index (χ0) is 22.9. The molecule has 3 heterocycles. The summed E-state index contributed by atoms with van der Waals surface area (Å²) in [4.78, 5) is 45.0. The highest BCUT2D eigenvalue weighted by molar-refractivity contribution is 7.25. The van der Waals surface area contributed by atoms with Gasteiger partial charge in [0.25, 0.3) is 5.56 Å². The normalized spacial score (nSPS) is 14.2. The Morgan fingerprint density at radius 3 is 2.67 bits per heavy atom. The van der Waals surface area contributed by atoms with E-state index in [4.69, 9.17) is 4.74 Å². The number of nitrogens with one attached hydrogen (secondary N) is 1. The third-order valence-electron chi connectivity index (χ3n) is 5.96. The summed E-state index contributed by atoms with van der Waals surface area (Å²) in [6.07, 6.45) is 5.75. The van der Waals surface area contributed by atoms with E-state index in [1.807, 2.05) is 13.0 Å². The Balaban J connectivity index is 1.68. The number of carbonyl (C=O) groups excluding carboxylic acids is 1. The minimum Gasteiger partial charge on any atom is -0.494 e. The van der Waals surface area contributed by atoms with Crippen molar-refractivity contribution >= 4 is 37.7 Å². The highest BCUT2D eigenvalue weighted by Crippen LogP contribution is 2.29. The minimum atomic E-state index is -0.554. The molecular formula is C24H24N4O4S. The Morgan fingerprint density at radius 1 is 1.18 bits per heavy atom. The van der Waals surface area contributed by atoms with Gasteiger partial charge in [-0.2, -0.15) is 0 Å². The Labute approximate surface area is 193 Å². The van der Waals surface area contributed by atoms with Crippen LogP contribution >= 0.6 is 11.3 Å². The fraction of sp³-hybridized carbons (Fsp3) is 0.333. The van der Waals surface area contributed by atoms with Crippen LogP contribution in [-0.4, -0.2) is 32.7 Å². The first-order valence-electron chi connectivity index (χ1n) is 11.1. The lowest BCUT2D eigenvalue weighted by Crippen LogP contribution is -2.43. The van der Waals surface area contributed by atoms with Gasteiger partial charge in [-0.1, -0.05) is 12.8 Å². The van der Waals surface area contributed by atoms with Crippen molar-refractivity contribution in [2.75, 3.05) is 6.61 Å². The van der Waals surface area contributed by atoms with E-state index in [1.54, 1.807) is 36.5 Å². The Bertz CT molecular complexity index is 1450. The van der Waals surface area contributed by atoms with E-state index in [-0.39, 0.29) is 18.5 Å². The first-order valence-corrected chi connectivity index (χ1v) is 11.9. The molecule has 0 atom stereocenters. The lowest BCUT2D eigenvalue weighted by Gasteiger charge is -2.15. The summed E-state index contributed by atoms with van der Waals surface area (Å²) in [5.74, 6) is 0.420. The molecule has 5 rings (SSSR count). The molecule has 170 valence electrons. The smallest absolute Gasteiger partial charge is 0.336 e. The standard InChI is InChI=1S/C24H24N4O4S/c1-2-32-17-11-9-16(10-12-17)28-23(30)21-20(18-8-5-13-25-22(18)33-21)27(24(28)31)14-19(29)26-15-6-3-4-7-15/h5,8-13,15H,2-4,6-7,14H2,1H3,(H,26,29). The van der Waals surface area contributed by atoms with E-state index in [1.165, 1.54) is 15.9 Å². The Morgan fingerprint density at radius 2 is 1.94 bits per heavy atom. The van der Waals surface area contributed by atoms with Crippen molar-refractivity contribution in [3.63, 3.8) is 0 Å². The second kappa shape index (κ2) is 8.82. The van der Waals surface area contributed by atoms with Gasteiger partial charge < -0.3 is 10.1 Å². The first kappa shape index (κ1) is 21.4. The number of hydrogen-bond donors (Lipinski definition) is 1. The second-order valence-electron chi connectivity index (χ2n) is 8.12. The third kappa shape index (κ3) is 3.93. The summed E-state index contributed by atoms with van der Waals surface area (Å²) >= 11 is 1.23. The average molecular weight is 465 g/mol. The highest BCUT2D eigenvalue weighted by atomic mass is 32.1. The summed E-state index contributed by atoms with van der Waals surface area (Å²) in [6.45, 7) is 2.24. The van der Waals surface area contributed by atoms with Crippen LogP contribution in [0.1, 0.15) is 32.6 Å². The van der Waals surface area contributed by atoms with Crippen molar-refractivity contribution in [1.29, 1.82) is 0 Å². The fourth-order valence-electron chi connectivity index (χ4n) is 4.46. The maximum absolute atomic E-state index is 13.6. The Kier molecular flexibility index (Phi) is 5.72. The molecule has 1 aromatic carbocycles. The van der Waals surface area contributed by atoms with Gasteiger partial charge in [0.05, 0.1) is 17.8 Å². The number of fused-ring (bicyclic) bond motifs is 3. The molecule has 0 radical (unpaired) electrons. The molecule has 1 aliphatic rings. The van der Waals surface area contributed by atoms with Crippen molar-refractivity contribution in [3.05, 3.63) is 63.4 Å². The summed E-state index contributed by atoms with van der Waals surface area (Å²) in [5, 5.41) is 3.73. The van der Waals surface area contributed by atoms with Gasteiger partial charge in [-0.15, -0.1) is 11.3 Å². The molecular weight excluding hydrogens is 440 g/mol. The molecule has 1 N–H and O–H groups in total. The van der Waals surface area contributed by atoms with Crippen LogP contribution in [0.3, 0.4) is 0 Å². The molecule has 9 heteroatoms. The number of benzene rings is 1. The summed E-state index contributed by atoms with van der Waals surface area (Å²) in [5.41, 5.74) is -0.0935. The monoisotopic (exact) mass is 464 g/mol. The molecule has 0 spiro atoms. The number of thiophene rings is 1. The largest absolute Gasteiger partial charge is 0.494 e. The van der Waals surface area contributed by atoms with Crippen LogP contribution in [0.2, 0.25) is 0 Å². The maximum atomic E-state index is 13.6. The molecule has 1 saturated carbocycles. The number of hydrogen-bond acceptors (Lipinski definition) is 6. The van der Waals surface area contributed by atoms with Crippen LogP contribution in [0.25, 0.3) is 26.1 Å². The van der Waals surface area contributed by atoms with Crippen LogP contribution in [0.5, 0.6) is 5.75 Å². The number of amides is 1. The van der Waals surface area contributed by atoms with Crippen molar-refractivity contribution in [2.24, 2.45) is 0 Å². The van der Waals surface area contributed by atoms with E-state index in [0.29, 0.717) is 38.5 Å². The van der Waals surface area contributed by atoms with Gasteiger partial charge in [-0.05, 0) is 56.2 Å². The number of carbonyl (C=O) groups is 1. The van der Waals surface area contributed by atoms with Gasteiger partial charge in [0.2, 0.25) is 5.91 Å². The number of nitrogens with zero attached hydrogens (tertiary/aromatic N) is 3. The van der Waals surface area contributed by atoms with E-state index in [0.717, 1.165) is 30.3 Å². The van der Waals surface area contributed by atoms with Crippen molar-refractivity contribution < 1.29 is 9.53 Å². The highest BCUT2D eigenvalue weighted by Gasteiger charge is 2.23. The topological polar surface area (TPSA) is 95.2 Å². The third-order valence-corrected chi connectivity index (χ3v) is 7.05. The second-order valence-corrected chi connectivity index (χ2v) is 9.12. The number of ether oxygens (including phenoxy) is 1. The Hall–Kier alpha value is -3.46. The molecule has 3 aromatic heterocycles. The van der Waals surface area contributed by atoms with Gasteiger partial charge in [-0.25, -0.2) is 14.3 Å². The van der Waals surface area contributed by atoms with Crippen molar-refractivity contribution in [2.45, 2.75) is 45.2 Å². The van der Waals surface area contributed by atoms with Crippen molar-refractivity contribution in [3.8, 4) is 11.4 Å². The van der Waals surface area contributed by atoms with Crippen LogP contribution in [0.15, 0.2) is 52.2 Å². The summed E-state index contributed by atoms with van der Waals surface area (Å²) < 4.78 is 8.39. The molecule has 0 bridgehead atoms. The molecule has 33 heavy (non-hydrogen) atoms. The summed E-state index contributed by atoms with van der Waals surface area (Å²) in [7, 11) is 0. The zero-order valence-electron chi connectivity index (χ0n) is 18.2. The van der Waals surface area contributed by atoms with Gasteiger partial charge in [-0.3, -0.25) is 14.2 Å². The molecule has 0 saturated heterocycles. The van der Waals surface area contributed by atoms with E-state index in [2.05, 4.69) is 10.3 Å². The lowest BCUT2D eigenvalue weighted by molar-refractivity contribution is -0.122. The molecule has 8 nitrogen and oxygen atoms in total. The minimum absolute atomic E-state index is 0.140. The maximum Gasteiger partial charge on any atom is 0.336 e. The number of rotatable bonds is 6. The predicted molar refractivity (Wildman–Crippen MR) is 129 cm³/mol. The van der Waals surface area contributed by atoms with Gasteiger partial charge in [0.1, 0.15) is 21.8 Å². The van der Waals surface area contributed by atoms with Crippen LogP contribution in [0.4, 0.5) is 0 Å². The fourth-order valence-corrected chi connectivity index (χ4v) is 5.53. The molecule has 1 aliphatic carbocycles. The van der Waals surface area contributed by atoms with Gasteiger partial charge >= 0.3 is 5.69 Å². The first-order chi connectivity index (χ1) is 16.1. The predicted octanol–water partition coefficient (Wildman–Crippen LogP) is 3.22. The zero-order valence-corrected chi connectivity index (χ0v) is 19.1. The molecule has 1 fully saturated rings. The number of pyridine rings is 1. The van der Waals surface area contributed by atoms with Crippen LogP contribution < -0.4 is 21.3 Å². The molecule has 0 unspecified atom stereocenters. The van der Waals surface area contributed by atoms with Crippen molar-refractivity contribution in [1.82, 2.24) is 19.4 Å². The molecule has 1 amide bonds. The van der Waals surface area contributed by atoms with E-state index < -0.39 is 11.2 Å². The van der Waals surface area contributed by atoms with Gasteiger partial charge in [0, 0.05) is 17.6 Å². The van der Waals surface area contributed by atoms with E-state index >= 15 is 0 Å². The quantitative estimate of drug-likeness (QED) is 0.473. The lowest BCUT2D eigenvalue weighted by atomic mass is 10.2. The molecule has 0 aliphatic heterocycles. The molecule has 4 aromatic rings. The number of aromatic nitrogens is 3. The van der Waals surface area contributed by atoms with Crippen LogP contribution in [-0.2, 0) is 11.3 Å². The summed E-state index contributed by atoms with van der Waals surface area (Å²) in [6, 6.07) is 10.5. The van der Waals surface area contributed by atoms with E-state index in [9.17, 15) is 14.4 Å². The van der Waals surface area contributed by atoms with Gasteiger partial charge in [0.15, 0.2) is 0 Å². The average Bonchev–Trinajstić information content (AvgIpc) is 3.46.